The van der Waals surface area contributed by atoms with E-state index in [2.05, 4.69) is 103 Å². The minimum atomic E-state index is -2.01. The van der Waals surface area contributed by atoms with E-state index in [1.54, 1.807) is 0 Å². The molecule has 5 rings (SSSR count). The van der Waals surface area contributed by atoms with Crippen LogP contribution in [0, 0.1) is 0 Å². The molecule has 0 aliphatic heterocycles. The molecule has 0 aromatic heterocycles. The van der Waals surface area contributed by atoms with Gasteiger partial charge in [-0.15, -0.1) is 0 Å². The average molecular weight is 458 g/mol. The molecule has 0 heterocycles. The van der Waals surface area contributed by atoms with Crippen molar-refractivity contribution < 1.29 is 4.79 Å². The highest BCUT2D eigenvalue weighted by molar-refractivity contribution is 7.95. The zero-order valence-electron chi connectivity index (χ0n) is 18.9. The summed E-state index contributed by atoms with van der Waals surface area (Å²) in [6.45, 7) is 0. The summed E-state index contributed by atoms with van der Waals surface area (Å²) in [7, 11) is -2.01. The van der Waals surface area contributed by atoms with Gasteiger partial charge in [-0.3, -0.25) is 4.79 Å². The molecule has 5 aromatic rings. The van der Waals surface area contributed by atoms with Crippen molar-refractivity contribution >= 4 is 29.0 Å². The molecule has 0 spiro atoms. The predicted molar refractivity (Wildman–Crippen MR) is 145 cm³/mol. The zero-order chi connectivity index (χ0) is 23.2. The summed E-state index contributed by atoms with van der Waals surface area (Å²) >= 11 is 0. The summed E-state index contributed by atoms with van der Waals surface area (Å²) in [6, 6.07) is 50.2. The molecule has 0 bridgehead atoms. The molecule has 0 saturated carbocycles. The highest BCUT2D eigenvalue weighted by Gasteiger charge is 2.45. The van der Waals surface area contributed by atoms with E-state index in [1.165, 1.54) is 21.5 Å². The van der Waals surface area contributed by atoms with Gasteiger partial charge in [-0.05, 0) is 48.0 Å². The van der Waals surface area contributed by atoms with Crippen molar-refractivity contribution in [3.8, 4) is 0 Å². The molecule has 0 fully saturated rings. The second-order valence-electron chi connectivity index (χ2n) is 8.37. The fourth-order valence-electron chi connectivity index (χ4n) is 4.61. The summed E-state index contributed by atoms with van der Waals surface area (Å²) in [4.78, 5) is 13.2. The predicted octanol–water partition coefficient (Wildman–Crippen LogP) is 6.41. The van der Waals surface area contributed by atoms with Gasteiger partial charge in [0.15, 0.2) is 5.78 Å². The second-order valence-corrected chi connectivity index (χ2v) is 11.9. The smallest absolute Gasteiger partial charge is 0.193 e. The maximum atomic E-state index is 13.2. The Balaban J connectivity index is 1.66. The van der Waals surface area contributed by atoms with Crippen molar-refractivity contribution in [2.24, 2.45) is 0 Å². The third-order valence-corrected chi connectivity index (χ3v) is 10.6. The van der Waals surface area contributed by atoms with E-state index < -0.39 is 7.26 Å². The van der Waals surface area contributed by atoms with E-state index in [4.69, 9.17) is 0 Å². The maximum Gasteiger partial charge on any atom is 0.193 e. The quantitative estimate of drug-likeness (QED) is 0.204. The van der Waals surface area contributed by atoms with Crippen LogP contribution in [-0.4, -0.2) is 5.78 Å². The Morgan fingerprint density at radius 2 is 0.882 bits per heavy atom. The van der Waals surface area contributed by atoms with Crippen LogP contribution in [0.4, 0.5) is 0 Å². The first-order valence-corrected chi connectivity index (χ1v) is 13.5. The van der Waals surface area contributed by atoms with Crippen LogP contribution in [-0.2, 0) is 6.16 Å². The Bertz CT molecular complexity index is 1270. The number of carbonyl (C=O) groups is 1. The molecule has 0 radical (unpaired) electrons. The van der Waals surface area contributed by atoms with Crippen molar-refractivity contribution in [1.82, 2.24) is 0 Å². The van der Waals surface area contributed by atoms with Gasteiger partial charge in [-0.25, -0.2) is 0 Å². The molecule has 164 valence electrons. The lowest BCUT2D eigenvalue weighted by Gasteiger charge is -2.28. The SMILES string of the molecule is O=C(c1ccccc1)c1cccc(C[P+](c2ccccc2)(c2ccccc2)c2ccccc2)c1. The van der Waals surface area contributed by atoms with Gasteiger partial charge in [0.05, 0.1) is 6.16 Å². The molecule has 34 heavy (non-hydrogen) atoms. The zero-order valence-corrected chi connectivity index (χ0v) is 19.8. The van der Waals surface area contributed by atoms with Crippen molar-refractivity contribution in [2.75, 3.05) is 0 Å². The minimum absolute atomic E-state index is 0.0607. The van der Waals surface area contributed by atoms with Crippen LogP contribution >= 0.6 is 7.26 Å². The van der Waals surface area contributed by atoms with Gasteiger partial charge in [-0.1, -0.05) is 103 Å². The molecule has 0 aliphatic carbocycles. The number of hydrogen-bond donors (Lipinski definition) is 0. The molecule has 0 saturated heterocycles. The van der Waals surface area contributed by atoms with Crippen LogP contribution in [0.1, 0.15) is 21.5 Å². The normalized spacial score (nSPS) is 11.2. The molecule has 0 amide bonds. The summed E-state index contributed by atoms with van der Waals surface area (Å²) in [5.41, 5.74) is 2.62. The third-order valence-electron chi connectivity index (χ3n) is 6.24. The number of benzene rings is 5. The highest BCUT2D eigenvalue weighted by atomic mass is 31.2. The minimum Gasteiger partial charge on any atom is -0.289 e. The molecular formula is C32H26OP+. The van der Waals surface area contributed by atoms with E-state index in [0.717, 1.165) is 17.3 Å². The lowest BCUT2D eigenvalue weighted by atomic mass is 10.0. The molecule has 0 atom stereocenters. The van der Waals surface area contributed by atoms with Gasteiger partial charge in [0.25, 0.3) is 0 Å². The van der Waals surface area contributed by atoms with Crippen molar-refractivity contribution in [3.63, 3.8) is 0 Å². The molecule has 0 unspecified atom stereocenters. The molecule has 1 nitrogen and oxygen atoms in total. The van der Waals surface area contributed by atoms with Crippen LogP contribution in [0.5, 0.6) is 0 Å². The van der Waals surface area contributed by atoms with E-state index in [9.17, 15) is 4.79 Å². The molecule has 5 aromatic carbocycles. The van der Waals surface area contributed by atoms with Gasteiger partial charge in [0.2, 0.25) is 0 Å². The van der Waals surface area contributed by atoms with Crippen molar-refractivity contribution in [3.05, 3.63) is 162 Å². The molecule has 2 heteroatoms. The van der Waals surface area contributed by atoms with Crippen LogP contribution in [0.3, 0.4) is 0 Å². The van der Waals surface area contributed by atoms with Crippen LogP contribution in [0.25, 0.3) is 0 Å². The van der Waals surface area contributed by atoms with Crippen LogP contribution < -0.4 is 15.9 Å². The monoisotopic (exact) mass is 457 g/mol. The van der Waals surface area contributed by atoms with Gasteiger partial charge >= 0.3 is 0 Å². The topological polar surface area (TPSA) is 17.1 Å². The van der Waals surface area contributed by atoms with Crippen molar-refractivity contribution in [2.45, 2.75) is 6.16 Å². The van der Waals surface area contributed by atoms with Gasteiger partial charge < -0.3 is 0 Å². The summed E-state index contributed by atoms with van der Waals surface area (Å²) < 4.78 is 0. The van der Waals surface area contributed by atoms with Gasteiger partial charge in [0, 0.05) is 11.1 Å². The standard InChI is InChI=1S/C32H26OP/c33-32(27-15-5-1-6-16-27)28-17-13-14-26(24-28)25-34(29-18-7-2-8-19-29,30-20-9-3-10-21-30)31-22-11-4-12-23-31/h1-24H,25H2/q+1. The largest absolute Gasteiger partial charge is 0.289 e. The summed E-state index contributed by atoms with van der Waals surface area (Å²) in [5.74, 6) is 0.0607. The molecule has 0 N–H and O–H groups in total. The first-order chi connectivity index (χ1) is 16.8. The Hall–Kier alpha value is -3.80. The number of carbonyl (C=O) groups excluding carboxylic acids is 1. The molecular weight excluding hydrogens is 431 g/mol. The van der Waals surface area contributed by atoms with Crippen molar-refractivity contribution in [1.29, 1.82) is 0 Å². The van der Waals surface area contributed by atoms with Crippen LogP contribution in [0.2, 0.25) is 0 Å². The Morgan fingerprint density at radius 1 is 0.471 bits per heavy atom. The van der Waals surface area contributed by atoms with E-state index in [1.807, 2.05) is 42.5 Å². The maximum absolute atomic E-state index is 13.2. The fraction of sp³-hybridized carbons (Fsp3) is 0.0312. The molecule has 0 aliphatic rings. The fourth-order valence-corrected chi connectivity index (χ4v) is 8.84. The first kappa shape index (κ1) is 22.0. The summed E-state index contributed by atoms with van der Waals surface area (Å²) in [6.07, 6.45) is 0.848. The lowest BCUT2D eigenvalue weighted by molar-refractivity contribution is 0.103. The van der Waals surface area contributed by atoms with E-state index in [0.29, 0.717) is 0 Å². The van der Waals surface area contributed by atoms with E-state index in [-0.39, 0.29) is 5.78 Å². The highest BCUT2D eigenvalue weighted by Crippen LogP contribution is 2.58. The van der Waals surface area contributed by atoms with Gasteiger partial charge in [-0.2, -0.15) is 0 Å². The number of hydrogen-bond acceptors (Lipinski definition) is 1. The lowest BCUT2D eigenvalue weighted by Crippen LogP contribution is -2.32. The Morgan fingerprint density at radius 3 is 1.35 bits per heavy atom. The number of rotatable bonds is 7. The average Bonchev–Trinajstić information content (AvgIpc) is 2.93. The second kappa shape index (κ2) is 10.00. The Labute approximate surface area is 202 Å². The first-order valence-electron chi connectivity index (χ1n) is 11.5. The summed E-state index contributed by atoms with van der Waals surface area (Å²) in [5, 5.41) is 4.02. The van der Waals surface area contributed by atoms with Gasteiger partial charge in [0.1, 0.15) is 23.2 Å². The van der Waals surface area contributed by atoms with Crippen LogP contribution in [0.15, 0.2) is 146 Å². The number of ketones is 1. The van der Waals surface area contributed by atoms with E-state index >= 15 is 0 Å². The third kappa shape index (κ3) is 4.36. The Kier molecular flexibility index (Phi) is 6.47.